The molecule has 0 spiro atoms. The van der Waals surface area contributed by atoms with Gasteiger partial charge in [-0.25, -0.2) is 4.79 Å². The number of nitrogens with zero attached hydrogens (tertiary/aromatic N) is 2. The largest absolute Gasteiger partial charge is 0.497 e. The van der Waals surface area contributed by atoms with Crippen LogP contribution in [0.5, 0.6) is 11.5 Å². The first-order valence-corrected chi connectivity index (χ1v) is 12.1. The van der Waals surface area contributed by atoms with E-state index < -0.39 is 5.69 Å². The Balaban J connectivity index is 1.59. The molecule has 9 heteroatoms. The van der Waals surface area contributed by atoms with Crippen molar-refractivity contribution in [3.63, 3.8) is 0 Å². The summed E-state index contributed by atoms with van der Waals surface area (Å²) in [5, 5.41) is 4.68. The molecular formula is C26H27N3O5S. The number of amides is 1. The summed E-state index contributed by atoms with van der Waals surface area (Å²) in [5.74, 6) is 1.13. The number of hydrogen-bond donors (Lipinski definition) is 1. The topological polar surface area (TPSA) is 91.6 Å². The first-order valence-electron chi connectivity index (χ1n) is 11.3. The molecule has 4 rings (SSSR count). The number of benzene rings is 2. The van der Waals surface area contributed by atoms with E-state index in [9.17, 15) is 14.4 Å². The zero-order valence-electron chi connectivity index (χ0n) is 19.8. The summed E-state index contributed by atoms with van der Waals surface area (Å²) in [6.07, 6.45) is 0. The van der Waals surface area contributed by atoms with E-state index in [2.05, 4.69) is 5.32 Å². The molecule has 0 aliphatic heterocycles. The van der Waals surface area contributed by atoms with Gasteiger partial charge in [-0.15, -0.1) is 11.3 Å². The highest BCUT2D eigenvalue weighted by molar-refractivity contribution is 7.17. The molecule has 2 aromatic carbocycles. The molecular weight excluding hydrogens is 466 g/mol. The van der Waals surface area contributed by atoms with Crippen LogP contribution in [-0.4, -0.2) is 28.8 Å². The molecule has 8 nitrogen and oxygen atoms in total. The molecule has 0 bridgehead atoms. The predicted octanol–water partition coefficient (Wildman–Crippen LogP) is 3.56. The molecule has 1 atom stereocenters. The Morgan fingerprint density at radius 3 is 2.34 bits per heavy atom. The minimum absolute atomic E-state index is 0.0990. The van der Waals surface area contributed by atoms with Gasteiger partial charge in [-0.05, 0) is 60.7 Å². The van der Waals surface area contributed by atoms with Gasteiger partial charge >= 0.3 is 5.69 Å². The molecule has 0 aliphatic carbocycles. The molecule has 2 heterocycles. The van der Waals surface area contributed by atoms with Gasteiger partial charge in [0, 0.05) is 0 Å². The summed E-state index contributed by atoms with van der Waals surface area (Å²) in [6.45, 7) is 4.23. The summed E-state index contributed by atoms with van der Waals surface area (Å²) in [7, 11) is 1.60. The fourth-order valence-corrected chi connectivity index (χ4v) is 4.72. The van der Waals surface area contributed by atoms with Crippen LogP contribution in [0.2, 0.25) is 0 Å². The summed E-state index contributed by atoms with van der Waals surface area (Å²) < 4.78 is 13.6. The van der Waals surface area contributed by atoms with Crippen LogP contribution in [0.15, 0.2) is 69.6 Å². The van der Waals surface area contributed by atoms with Crippen molar-refractivity contribution in [1.82, 2.24) is 14.5 Å². The molecule has 0 radical (unpaired) electrons. The first kappa shape index (κ1) is 24.3. The quantitative estimate of drug-likeness (QED) is 0.385. The van der Waals surface area contributed by atoms with Gasteiger partial charge < -0.3 is 14.8 Å². The Morgan fingerprint density at radius 1 is 1.00 bits per heavy atom. The van der Waals surface area contributed by atoms with E-state index in [1.165, 1.54) is 20.5 Å². The van der Waals surface area contributed by atoms with Crippen LogP contribution >= 0.6 is 11.3 Å². The molecule has 182 valence electrons. The van der Waals surface area contributed by atoms with Crippen molar-refractivity contribution in [2.24, 2.45) is 0 Å². The van der Waals surface area contributed by atoms with Crippen molar-refractivity contribution in [3.8, 4) is 11.5 Å². The zero-order chi connectivity index (χ0) is 24.9. The SMILES string of the molecule is CCOc1ccc(Cn2c(=O)c3sccc3n(CC(=O)N[C@H](C)c3ccc(OC)cc3)c2=O)cc1. The molecule has 1 N–H and O–H groups in total. The summed E-state index contributed by atoms with van der Waals surface area (Å²) in [6, 6.07) is 16.1. The smallest absolute Gasteiger partial charge is 0.332 e. The number of carbonyl (C=O) groups is 1. The minimum Gasteiger partial charge on any atom is -0.497 e. The number of nitrogens with one attached hydrogen (secondary N) is 1. The van der Waals surface area contributed by atoms with Crippen LogP contribution in [-0.2, 0) is 17.9 Å². The second-order valence-electron chi connectivity index (χ2n) is 8.03. The van der Waals surface area contributed by atoms with Gasteiger partial charge in [0.25, 0.3) is 5.56 Å². The van der Waals surface area contributed by atoms with Crippen molar-refractivity contribution in [3.05, 3.63) is 91.9 Å². The number of rotatable bonds is 9. The number of thiophene rings is 1. The van der Waals surface area contributed by atoms with E-state index in [0.29, 0.717) is 16.8 Å². The third kappa shape index (κ3) is 5.30. The van der Waals surface area contributed by atoms with Gasteiger partial charge in [0.15, 0.2) is 0 Å². The number of hydrogen-bond acceptors (Lipinski definition) is 6. The lowest BCUT2D eigenvalue weighted by molar-refractivity contribution is -0.122. The Labute approximate surface area is 206 Å². The molecule has 0 saturated carbocycles. The maximum absolute atomic E-state index is 13.3. The number of methoxy groups -OCH3 is 1. The van der Waals surface area contributed by atoms with E-state index in [4.69, 9.17) is 9.47 Å². The van der Waals surface area contributed by atoms with Crippen molar-refractivity contribution < 1.29 is 14.3 Å². The Kier molecular flexibility index (Phi) is 7.36. The highest BCUT2D eigenvalue weighted by Crippen LogP contribution is 2.19. The van der Waals surface area contributed by atoms with Crippen LogP contribution in [0.25, 0.3) is 10.2 Å². The van der Waals surface area contributed by atoms with Gasteiger partial charge in [-0.2, -0.15) is 0 Å². The summed E-state index contributed by atoms with van der Waals surface area (Å²) in [4.78, 5) is 39.3. The van der Waals surface area contributed by atoms with Crippen LogP contribution in [0.4, 0.5) is 0 Å². The number of aromatic nitrogens is 2. The first-order chi connectivity index (χ1) is 16.9. The van der Waals surface area contributed by atoms with Crippen molar-refractivity contribution in [1.29, 1.82) is 0 Å². The van der Waals surface area contributed by atoms with Crippen LogP contribution in [0, 0.1) is 0 Å². The summed E-state index contributed by atoms with van der Waals surface area (Å²) >= 11 is 1.26. The molecule has 4 aromatic rings. The normalized spacial score (nSPS) is 11.9. The molecule has 1 amide bonds. The maximum atomic E-state index is 13.3. The average molecular weight is 494 g/mol. The Bertz CT molecular complexity index is 1440. The lowest BCUT2D eigenvalue weighted by Gasteiger charge is -2.17. The Hall–Kier alpha value is -3.85. The highest BCUT2D eigenvalue weighted by atomic mass is 32.1. The third-order valence-electron chi connectivity index (χ3n) is 5.71. The molecule has 0 unspecified atom stereocenters. The van der Waals surface area contributed by atoms with Crippen LogP contribution in [0.1, 0.15) is 31.0 Å². The zero-order valence-corrected chi connectivity index (χ0v) is 20.6. The van der Waals surface area contributed by atoms with E-state index >= 15 is 0 Å². The van der Waals surface area contributed by atoms with Gasteiger partial charge in [0.05, 0.1) is 31.8 Å². The average Bonchev–Trinajstić information content (AvgIpc) is 3.36. The third-order valence-corrected chi connectivity index (χ3v) is 6.60. The molecule has 35 heavy (non-hydrogen) atoms. The van der Waals surface area contributed by atoms with E-state index in [1.807, 2.05) is 50.2 Å². The lowest BCUT2D eigenvalue weighted by Crippen LogP contribution is -2.42. The van der Waals surface area contributed by atoms with Gasteiger partial charge in [-0.1, -0.05) is 24.3 Å². The van der Waals surface area contributed by atoms with Gasteiger partial charge in [0.2, 0.25) is 5.91 Å². The van der Waals surface area contributed by atoms with Crippen molar-refractivity contribution in [2.75, 3.05) is 13.7 Å². The molecule has 0 fully saturated rings. The molecule has 0 aliphatic rings. The monoisotopic (exact) mass is 493 g/mol. The second kappa shape index (κ2) is 10.6. The van der Waals surface area contributed by atoms with Gasteiger partial charge in [0.1, 0.15) is 22.7 Å². The molecule has 0 saturated heterocycles. The summed E-state index contributed by atoms with van der Waals surface area (Å²) in [5.41, 5.74) is 1.26. The van der Waals surface area contributed by atoms with Crippen molar-refractivity contribution >= 4 is 27.5 Å². The minimum atomic E-state index is -0.526. The molecule has 2 aromatic heterocycles. The van der Waals surface area contributed by atoms with Gasteiger partial charge in [-0.3, -0.25) is 18.7 Å². The maximum Gasteiger partial charge on any atom is 0.332 e. The second-order valence-corrected chi connectivity index (χ2v) is 8.95. The number of fused-ring (bicyclic) bond motifs is 1. The Morgan fingerprint density at radius 2 is 1.69 bits per heavy atom. The van der Waals surface area contributed by atoms with E-state index in [0.717, 1.165) is 22.6 Å². The van der Waals surface area contributed by atoms with E-state index in [-0.39, 0.29) is 30.6 Å². The van der Waals surface area contributed by atoms with Crippen LogP contribution in [0.3, 0.4) is 0 Å². The number of ether oxygens (including phenoxy) is 2. The highest BCUT2D eigenvalue weighted by Gasteiger charge is 2.18. The fraction of sp³-hybridized carbons (Fsp3) is 0.269. The lowest BCUT2D eigenvalue weighted by atomic mass is 10.1. The van der Waals surface area contributed by atoms with Crippen molar-refractivity contribution in [2.45, 2.75) is 33.0 Å². The standard InChI is InChI=1S/C26H27N3O5S/c1-4-34-21-9-5-18(6-10-21)15-29-25(31)24-22(13-14-35-24)28(26(29)32)16-23(30)27-17(2)19-7-11-20(33-3)12-8-19/h5-14,17H,4,15-16H2,1-3H3,(H,27,30)/t17-/m1/s1. The number of carbonyl (C=O) groups excluding carboxylic acids is 1. The fourth-order valence-electron chi connectivity index (χ4n) is 3.87. The predicted molar refractivity (Wildman–Crippen MR) is 137 cm³/mol. The van der Waals surface area contributed by atoms with Crippen LogP contribution < -0.4 is 26.0 Å². The van der Waals surface area contributed by atoms with E-state index in [1.54, 1.807) is 30.7 Å².